The van der Waals surface area contributed by atoms with Crippen LogP contribution < -0.4 is 15.0 Å². The van der Waals surface area contributed by atoms with Crippen LogP contribution in [0, 0.1) is 11.3 Å². The van der Waals surface area contributed by atoms with Crippen LogP contribution in [-0.4, -0.2) is 122 Å². The van der Waals surface area contributed by atoms with Gasteiger partial charge in [-0.2, -0.15) is 0 Å². The van der Waals surface area contributed by atoms with Gasteiger partial charge in [-0.05, 0) is 85.5 Å². The maximum absolute atomic E-state index is 15.5. The lowest BCUT2D eigenvalue weighted by molar-refractivity contribution is -0.217. The zero-order valence-electron chi connectivity index (χ0n) is 39.3. The summed E-state index contributed by atoms with van der Waals surface area (Å²) >= 11 is 6.23. The molecule has 1 aromatic heterocycles. The molecule has 1 saturated carbocycles. The van der Waals surface area contributed by atoms with Gasteiger partial charge in [0.15, 0.2) is 0 Å². The molecule has 3 N–H and O–H groups in total. The van der Waals surface area contributed by atoms with Gasteiger partial charge in [0.25, 0.3) is 0 Å². The lowest BCUT2D eigenvalue weighted by atomic mass is 9.47. The second-order valence-corrected chi connectivity index (χ2v) is 20.2. The average Bonchev–Trinajstić information content (AvgIpc) is 3.99. The number of methoxy groups -OCH3 is 2. The van der Waals surface area contributed by atoms with Crippen molar-refractivity contribution >= 4 is 46.2 Å². The first-order chi connectivity index (χ1) is 32.3. The van der Waals surface area contributed by atoms with Gasteiger partial charge in [-0.1, -0.05) is 79.6 Å². The average molecular weight is 933 g/mol. The van der Waals surface area contributed by atoms with Crippen LogP contribution >= 0.6 is 11.6 Å². The van der Waals surface area contributed by atoms with E-state index in [1.165, 1.54) is 19.6 Å². The Bertz CT molecular complexity index is 2700. The van der Waals surface area contributed by atoms with Gasteiger partial charge in [-0.25, -0.2) is 4.79 Å². The summed E-state index contributed by atoms with van der Waals surface area (Å²) in [6.45, 7) is 9.24. The van der Waals surface area contributed by atoms with Crippen molar-refractivity contribution in [2.45, 2.75) is 94.1 Å². The van der Waals surface area contributed by atoms with Crippen LogP contribution in [0.2, 0.25) is 5.02 Å². The van der Waals surface area contributed by atoms with E-state index in [1.807, 2.05) is 25.2 Å². The van der Waals surface area contributed by atoms with Crippen molar-refractivity contribution in [1.82, 2.24) is 20.1 Å². The summed E-state index contributed by atoms with van der Waals surface area (Å²) in [4.78, 5) is 53.4. The highest BCUT2D eigenvalue weighted by molar-refractivity contribution is 6.30. The molecular weight excluding hydrogens is 870 g/mol. The van der Waals surface area contributed by atoms with Crippen molar-refractivity contribution in [2.24, 2.45) is 11.3 Å². The fourth-order valence-corrected chi connectivity index (χ4v) is 14.3. The van der Waals surface area contributed by atoms with Crippen LogP contribution in [0.25, 0.3) is 10.9 Å². The normalized spacial score (nSPS) is 31.6. The van der Waals surface area contributed by atoms with Gasteiger partial charge in [0.05, 0.1) is 26.8 Å². The smallest absolute Gasteiger partial charge is 0.407 e. The molecule has 1 aliphatic carbocycles. The molecule has 1 spiro atoms. The van der Waals surface area contributed by atoms with Gasteiger partial charge in [-0.15, -0.1) is 0 Å². The SMILES string of the molecule is CCC1=C[C@@H]2CN(CCc3c([nH]c4ccccc34)[C@@](C(=O)OC)(c3cc4c(cc3OC)N(C)[C@H]3[C@@](O)(CNC(=O)OCc5cccc(Cl)c5)[C@H](OC(C)=O)[C@]5(CC)C=CCN6CC[C@]43[C@@H]65)C2)C1. The molecule has 4 aromatic rings. The van der Waals surface area contributed by atoms with Crippen molar-refractivity contribution < 1.29 is 38.4 Å². The molecule has 2 bridgehead atoms. The molecule has 354 valence electrons. The highest BCUT2D eigenvalue weighted by Crippen LogP contribution is 2.68. The molecule has 9 atom stereocenters. The Morgan fingerprint density at radius 3 is 2.58 bits per heavy atom. The second kappa shape index (κ2) is 17.0. The van der Waals surface area contributed by atoms with E-state index in [0.29, 0.717) is 54.3 Å². The molecule has 0 radical (unpaired) electrons. The number of alkyl carbamates (subject to hydrolysis) is 1. The summed E-state index contributed by atoms with van der Waals surface area (Å²) in [6, 6.07) is 18.6. The van der Waals surface area contributed by atoms with E-state index in [4.69, 9.17) is 30.5 Å². The van der Waals surface area contributed by atoms with E-state index < -0.39 is 46.1 Å². The van der Waals surface area contributed by atoms with E-state index in [-0.39, 0.29) is 31.1 Å². The first kappa shape index (κ1) is 45.4. The number of anilines is 1. The number of H-pyrrole nitrogens is 1. The van der Waals surface area contributed by atoms with Gasteiger partial charge in [0.2, 0.25) is 0 Å². The number of hydrogen-bond donors (Lipinski definition) is 3. The van der Waals surface area contributed by atoms with E-state index >= 15 is 4.79 Å². The molecular formula is C53H62ClN5O8. The molecule has 1 saturated heterocycles. The standard InChI is InChI=1S/C53H62ClN5O8/c1-7-33-23-35-27-52(48(61)65-6,44-38(17-21-58(28-33)29-35)37-15-9-10-16-41(37)56-44)40-25-39-42(26-43(40)64-5)57(4)46-51(39)19-22-59-20-12-18-50(8-2,45(51)59)47(67-32(3)60)53(46,63)31-55-49(62)66-30-34-13-11-14-36(54)24-34/h9-16,18,23-26,35,45-47,56,63H,7-8,17,19-22,27-31H2,1-6H3,(H,55,62)/t35-,45-,46+,47+,50+,51+,52-,53-/m0/s1. The molecule has 67 heavy (non-hydrogen) atoms. The Hall–Kier alpha value is -5.34. The number of likely N-dealkylation sites (N-methyl/N-ethyl adjacent to an activating group) is 1. The maximum atomic E-state index is 15.5. The number of halogens is 1. The number of benzene rings is 3. The third-order valence-electron chi connectivity index (χ3n) is 16.4. The fraction of sp³-hybridized carbons (Fsp3) is 0.491. The van der Waals surface area contributed by atoms with Crippen molar-refractivity contribution in [3.8, 4) is 5.75 Å². The zero-order valence-corrected chi connectivity index (χ0v) is 40.1. The van der Waals surface area contributed by atoms with Crippen LogP contribution in [0.3, 0.4) is 0 Å². The van der Waals surface area contributed by atoms with Gasteiger partial charge in [0.1, 0.15) is 29.5 Å². The summed E-state index contributed by atoms with van der Waals surface area (Å²) in [5, 5.41) is 18.4. The number of fused-ring (bicyclic) bond motifs is 6. The molecule has 14 heteroatoms. The molecule has 13 nitrogen and oxygen atoms in total. The molecule has 5 aliphatic heterocycles. The molecule has 3 aromatic carbocycles. The molecule has 6 heterocycles. The summed E-state index contributed by atoms with van der Waals surface area (Å²) in [5.74, 6) is -0.380. The molecule has 6 aliphatic rings. The zero-order chi connectivity index (χ0) is 47.0. The number of nitrogens with one attached hydrogen (secondary N) is 2. The third-order valence-corrected chi connectivity index (χ3v) is 16.7. The predicted molar refractivity (Wildman–Crippen MR) is 257 cm³/mol. The van der Waals surface area contributed by atoms with Crippen LogP contribution in [0.5, 0.6) is 5.75 Å². The topological polar surface area (TPSA) is 146 Å². The number of rotatable bonds is 10. The monoisotopic (exact) mass is 931 g/mol. The first-order valence-electron chi connectivity index (χ1n) is 23.8. The molecule has 10 rings (SSSR count). The third kappa shape index (κ3) is 6.84. The number of aliphatic hydroxyl groups is 1. The fourth-order valence-electron chi connectivity index (χ4n) is 14.0. The second-order valence-electron chi connectivity index (χ2n) is 19.7. The van der Waals surface area contributed by atoms with Gasteiger partial charge in [0, 0.05) is 96.0 Å². The van der Waals surface area contributed by atoms with E-state index in [1.54, 1.807) is 25.3 Å². The van der Waals surface area contributed by atoms with Crippen molar-refractivity contribution in [3.63, 3.8) is 0 Å². The van der Waals surface area contributed by atoms with E-state index in [9.17, 15) is 14.7 Å². The number of hydrogen-bond acceptors (Lipinski definition) is 11. The number of nitrogens with zero attached hydrogens (tertiary/aromatic N) is 3. The van der Waals surface area contributed by atoms with Gasteiger partial charge < -0.3 is 39.3 Å². The van der Waals surface area contributed by atoms with Gasteiger partial charge >= 0.3 is 18.0 Å². The minimum absolute atomic E-state index is 0.0128. The Balaban J connectivity index is 1.19. The number of aromatic amines is 1. The quantitative estimate of drug-likeness (QED) is 0.0844. The van der Waals surface area contributed by atoms with Crippen LogP contribution in [0.15, 0.2) is 84.5 Å². The van der Waals surface area contributed by atoms with Crippen molar-refractivity contribution in [1.29, 1.82) is 0 Å². The molecule has 2 fully saturated rings. The van der Waals surface area contributed by atoms with Gasteiger partial charge in [-0.3, -0.25) is 19.4 Å². The number of amides is 1. The Labute approximate surface area is 397 Å². The minimum Gasteiger partial charge on any atom is -0.496 e. The minimum atomic E-state index is -1.87. The highest BCUT2D eigenvalue weighted by Gasteiger charge is 2.78. The number of para-hydroxylation sites is 1. The van der Waals surface area contributed by atoms with E-state index in [0.717, 1.165) is 65.9 Å². The summed E-state index contributed by atoms with van der Waals surface area (Å²) in [5.41, 5.74) is 2.48. The predicted octanol–water partition coefficient (Wildman–Crippen LogP) is 7.20. The first-order valence-corrected chi connectivity index (χ1v) is 24.2. The number of aromatic nitrogens is 1. The molecule has 1 unspecified atom stereocenters. The summed E-state index contributed by atoms with van der Waals surface area (Å²) in [6.07, 6.45) is 8.08. The Kier molecular flexibility index (Phi) is 11.5. The lowest BCUT2D eigenvalue weighted by Crippen LogP contribution is -2.81. The van der Waals surface area contributed by atoms with Crippen LogP contribution in [-0.2, 0) is 47.7 Å². The Morgan fingerprint density at radius 2 is 1.84 bits per heavy atom. The molecule has 1 amide bonds. The lowest BCUT2D eigenvalue weighted by Gasteiger charge is -2.64. The summed E-state index contributed by atoms with van der Waals surface area (Å²) < 4.78 is 24.6. The van der Waals surface area contributed by atoms with Crippen molar-refractivity contribution in [3.05, 3.63) is 117 Å². The Morgan fingerprint density at radius 1 is 1.01 bits per heavy atom. The van der Waals surface area contributed by atoms with Crippen LogP contribution in [0.1, 0.15) is 74.4 Å². The largest absolute Gasteiger partial charge is 0.496 e. The number of carbonyl (C=O) groups excluding carboxylic acids is 3. The number of carbonyl (C=O) groups is 3. The number of esters is 2. The number of ether oxygens (including phenoxy) is 4. The summed E-state index contributed by atoms with van der Waals surface area (Å²) in [7, 11) is 5.08. The maximum Gasteiger partial charge on any atom is 0.407 e. The highest BCUT2D eigenvalue weighted by atomic mass is 35.5. The van der Waals surface area contributed by atoms with Crippen molar-refractivity contribution in [2.75, 3.05) is 65.4 Å². The van der Waals surface area contributed by atoms with Crippen LogP contribution in [0.4, 0.5) is 10.5 Å². The van der Waals surface area contributed by atoms with E-state index in [2.05, 4.69) is 81.3 Å².